The van der Waals surface area contributed by atoms with Crippen molar-refractivity contribution < 1.29 is 24.5 Å². The molecule has 0 spiro atoms. The fourth-order valence-electron chi connectivity index (χ4n) is 4.22. The molecule has 2 aromatic carbocycles. The number of carbonyl (C=O) groups is 2. The van der Waals surface area contributed by atoms with Gasteiger partial charge in [-0.3, -0.25) is 9.59 Å². The molecule has 2 N–H and O–H groups in total. The summed E-state index contributed by atoms with van der Waals surface area (Å²) >= 11 is 0. The molecule has 2 unspecified atom stereocenters. The van der Waals surface area contributed by atoms with E-state index in [0.717, 1.165) is 24.0 Å². The summed E-state index contributed by atoms with van der Waals surface area (Å²) in [4.78, 5) is 27.5. The van der Waals surface area contributed by atoms with Gasteiger partial charge in [0.25, 0.3) is 11.7 Å². The van der Waals surface area contributed by atoms with Crippen molar-refractivity contribution in [2.75, 3.05) is 13.2 Å². The molecule has 0 saturated carbocycles. The van der Waals surface area contributed by atoms with Crippen LogP contribution in [0.2, 0.25) is 0 Å². The number of benzene rings is 2. The van der Waals surface area contributed by atoms with Crippen LogP contribution in [0.25, 0.3) is 5.76 Å². The summed E-state index contributed by atoms with van der Waals surface area (Å²) in [5, 5.41) is 20.9. The van der Waals surface area contributed by atoms with E-state index < -0.39 is 17.7 Å². The van der Waals surface area contributed by atoms with Crippen LogP contribution in [0.4, 0.5) is 0 Å². The predicted octanol–water partition coefficient (Wildman–Crippen LogP) is 3.61. The summed E-state index contributed by atoms with van der Waals surface area (Å²) in [6.07, 6.45) is 1.60. The SMILES string of the molecule is Cc1ccc(C)c(/C(O)=C2\C(=O)C(=O)N(CC3CCCO3)C2c2ccc(O)cc2)c1. The maximum Gasteiger partial charge on any atom is 0.295 e. The molecular formula is C24H25NO5. The van der Waals surface area contributed by atoms with E-state index in [4.69, 9.17) is 4.74 Å². The second kappa shape index (κ2) is 7.95. The van der Waals surface area contributed by atoms with Crippen LogP contribution < -0.4 is 0 Å². The molecule has 0 aromatic heterocycles. The molecule has 2 heterocycles. The minimum atomic E-state index is -0.741. The van der Waals surface area contributed by atoms with Crippen molar-refractivity contribution in [1.29, 1.82) is 0 Å². The lowest BCUT2D eigenvalue weighted by Gasteiger charge is -2.27. The Morgan fingerprint density at radius 2 is 1.87 bits per heavy atom. The zero-order valence-corrected chi connectivity index (χ0v) is 17.1. The topological polar surface area (TPSA) is 87.1 Å². The maximum absolute atomic E-state index is 13.1. The third kappa shape index (κ3) is 3.59. The lowest BCUT2D eigenvalue weighted by Crippen LogP contribution is -2.36. The number of nitrogens with zero attached hydrogens (tertiary/aromatic N) is 1. The number of aromatic hydroxyl groups is 1. The first-order chi connectivity index (χ1) is 14.4. The zero-order chi connectivity index (χ0) is 21.4. The number of phenolic OH excluding ortho intramolecular Hbond substituents is 1. The summed E-state index contributed by atoms with van der Waals surface area (Å²) in [6.45, 7) is 4.68. The highest BCUT2D eigenvalue weighted by Gasteiger charge is 2.47. The van der Waals surface area contributed by atoms with Gasteiger partial charge in [-0.15, -0.1) is 0 Å². The van der Waals surface area contributed by atoms with Crippen LogP contribution in [-0.2, 0) is 14.3 Å². The van der Waals surface area contributed by atoms with Gasteiger partial charge in [0.05, 0.1) is 17.7 Å². The molecule has 2 aliphatic rings. The fraction of sp³-hybridized carbons (Fsp3) is 0.333. The number of aliphatic hydroxyl groups excluding tert-OH is 1. The smallest absolute Gasteiger partial charge is 0.295 e. The second-order valence-electron chi connectivity index (χ2n) is 8.00. The largest absolute Gasteiger partial charge is 0.508 e. The van der Waals surface area contributed by atoms with E-state index in [1.807, 2.05) is 32.0 Å². The Morgan fingerprint density at radius 1 is 1.13 bits per heavy atom. The monoisotopic (exact) mass is 407 g/mol. The van der Waals surface area contributed by atoms with Crippen molar-refractivity contribution in [2.24, 2.45) is 0 Å². The summed E-state index contributed by atoms with van der Waals surface area (Å²) in [7, 11) is 0. The van der Waals surface area contributed by atoms with Crippen molar-refractivity contribution in [2.45, 2.75) is 38.8 Å². The lowest BCUT2D eigenvalue weighted by molar-refractivity contribution is -0.140. The first-order valence-electron chi connectivity index (χ1n) is 10.1. The number of likely N-dealkylation sites (tertiary alicyclic amines) is 1. The van der Waals surface area contributed by atoms with Crippen LogP contribution in [0, 0.1) is 13.8 Å². The Bertz CT molecular complexity index is 1020. The van der Waals surface area contributed by atoms with Gasteiger partial charge < -0.3 is 19.8 Å². The quantitative estimate of drug-likeness (QED) is 0.459. The summed E-state index contributed by atoms with van der Waals surface area (Å²) in [5.41, 5.74) is 3.01. The highest BCUT2D eigenvalue weighted by Crippen LogP contribution is 2.41. The molecule has 2 aliphatic heterocycles. The number of hydrogen-bond donors (Lipinski definition) is 2. The summed E-state index contributed by atoms with van der Waals surface area (Å²) in [6, 6.07) is 11.2. The molecule has 2 atom stereocenters. The normalized spacial score (nSPS) is 23.3. The van der Waals surface area contributed by atoms with Gasteiger partial charge in [-0.05, 0) is 56.0 Å². The van der Waals surface area contributed by atoms with Gasteiger partial charge in [0.2, 0.25) is 0 Å². The van der Waals surface area contributed by atoms with Crippen molar-refractivity contribution in [1.82, 2.24) is 4.90 Å². The Morgan fingerprint density at radius 3 is 2.53 bits per heavy atom. The van der Waals surface area contributed by atoms with E-state index in [-0.39, 0.29) is 29.7 Å². The van der Waals surface area contributed by atoms with Crippen LogP contribution in [0.1, 0.15) is 41.1 Å². The number of ether oxygens (including phenoxy) is 1. The van der Waals surface area contributed by atoms with E-state index in [1.165, 1.54) is 17.0 Å². The third-order valence-corrected chi connectivity index (χ3v) is 5.82. The van der Waals surface area contributed by atoms with Crippen molar-refractivity contribution >= 4 is 17.4 Å². The van der Waals surface area contributed by atoms with Gasteiger partial charge >= 0.3 is 0 Å². The van der Waals surface area contributed by atoms with E-state index in [0.29, 0.717) is 17.7 Å². The molecule has 30 heavy (non-hydrogen) atoms. The van der Waals surface area contributed by atoms with Gasteiger partial charge in [-0.1, -0.05) is 29.8 Å². The van der Waals surface area contributed by atoms with E-state index >= 15 is 0 Å². The average molecular weight is 407 g/mol. The maximum atomic E-state index is 13.1. The Balaban J connectivity index is 1.86. The molecule has 2 fully saturated rings. The van der Waals surface area contributed by atoms with Crippen LogP contribution in [0.3, 0.4) is 0 Å². The zero-order valence-electron chi connectivity index (χ0n) is 17.1. The number of hydrogen-bond acceptors (Lipinski definition) is 5. The standard InChI is InChI=1S/C24H25NO5/c1-14-5-6-15(2)19(12-14)22(27)20-21(16-7-9-17(26)10-8-16)25(24(29)23(20)28)13-18-4-3-11-30-18/h5-10,12,18,21,26-27H,3-4,11,13H2,1-2H3/b22-20+. The number of ketones is 1. The van der Waals surface area contributed by atoms with Gasteiger partial charge in [0.1, 0.15) is 11.5 Å². The van der Waals surface area contributed by atoms with Gasteiger partial charge in [-0.25, -0.2) is 0 Å². The number of aliphatic hydroxyl groups is 1. The number of rotatable bonds is 4. The fourth-order valence-corrected chi connectivity index (χ4v) is 4.22. The van der Waals surface area contributed by atoms with Crippen molar-refractivity contribution in [3.63, 3.8) is 0 Å². The molecule has 156 valence electrons. The number of carbonyl (C=O) groups excluding carboxylic acids is 2. The Kier molecular flexibility index (Phi) is 5.35. The summed E-state index contributed by atoms with van der Waals surface area (Å²) < 4.78 is 5.69. The number of phenols is 1. The Hall–Kier alpha value is -3.12. The molecule has 2 aromatic rings. The molecule has 0 bridgehead atoms. The van der Waals surface area contributed by atoms with Gasteiger partial charge in [0.15, 0.2) is 0 Å². The Labute approximate surface area is 175 Å². The van der Waals surface area contributed by atoms with Crippen LogP contribution in [-0.4, -0.2) is 46.1 Å². The van der Waals surface area contributed by atoms with E-state index in [1.54, 1.807) is 12.1 Å². The average Bonchev–Trinajstić information content (AvgIpc) is 3.32. The van der Waals surface area contributed by atoms with E-state index in [9.17, 15) is 19.8 Å². The number of amides is 1. The van der Waals surface area contributed by atoms with Gasteiger partial charge in [-0.2, -0.15) is 0 Å². The third-order valence-electron chi connectivity index (χ3n) is 5.82. The first kappa shape index (κ1) is 20.2. The molecule has 4 rings (SSSR count). The molecular weight excluding hydrogens is 382 g/mol. The minimum Gasteiger partial charge on any atom is -0.508 e. The van der Waals surface area contributed by atoms with Crippen LogP contribution >= 0.6 is 0 Å². The molecule has 2 saturated heterocycles. The van der Waals surface area contributed by atoms with Crippen LogP contribution in [0.15, 0.2) is 48.0 Å². The highest BCUT2D eigenvalue weighted by molar-refractivity contribution is 6.46. The van der Waals surface area contributed by atoms with Crippen molar-refractivity contribution in [3.05, 3.63) is 70.3 Å². The van der Waals surface area contributed by atoms with Crippen molar-refractivity contribution in [3.8, 4) is 5.75 Å². The highest BCUT2D eigenvalue weighted by atomic mass is 16.5. The van der Waals surface area contributed by atoms with Crippen LogP contribution in [0.5, 0.6) is 5.75 Å². The minimum absolute atomic E-state index is 0.0670. The van der Waals surface area contributed by atoms with E-state index in [2.05, 4.69) is 0 Å². The first-order valence-corrected chi connectivity index (χ1v) is 10.1. The number of Topliss-reactive ketones (excluding diaryl/α,β-unsaturated/α-hetero) is 1. The molecule has 1 amide bonds. The van der Waals surface area contributed by atoms with Gasteiger partial charge in [0, 0.05) is 18.7 Å². The predicted molar refractivity (Wildman–Crippen MR) is 112 cm³/mol. The molecule has 6 nitrogen and oxygen atoms in total. The lowest BCUT2D eigenvalue weighted by atomic mass is 9.93. The molecule has 0 aliphatic carbocycles. The molecule has 6 heteroatoms. The second-order valence-corrected chi connectivity index (χ2v) is 8.00. The molecule has 0 radical (unpaired) electrons. The summed E-state index contributed by atoms with van der Waals surface area (Å²) in [5.74, 6) is -1.44. The number of aryl methyl sites for hydroxylation is 2.